The van der Waals surface area contributed by atoms with E-state index in [0.29, 0.717) is 13.0 Å². The number of para-hydroxylation sites is 1. The molecule has 0 saturated heterocycles. The second-order valence-corrected chi connectivity index (χ2v) is 4.95. The van der Waals surface area contributed by atoms with Gasteiger partial charge in [-0.25, -0.2) is 0 Å². The molecule has 2 N–H and O–H groups in total. The Balaban J connectivity index is 2.05. The summed E-state index contributed by atoms with van der Waals surface area (Å²) in [6.45, 7) is 0.857. The molecule has 0 saturated carbocycles. The Kier molecular flexibility index (Phi) is 3.79. The van der Waals surface area contributed by atoms with Crippen LogP contribution in [0, 0.1) is 0 Å². The lowest BCUT2D eigenvalue weighted by Crippen LogP contribution is -2.23. The molecule has 0 unspecified atom stereocenters. The minimum Gasteiger partial charge on any atom is -0.396 e. The van der Waals surface area contributed by atoms with Gasteiger partial charge in [0.1, 0.15) is 0 Å². The summed E-state index contributed by atoms with van der Waals surface area (Å²) in [6, 6.07) is 18.7. The zero-order valence-electron chi connectivity index (χ0n) is 11.3. The van der Waals surface area contributed by atoms with Gasteiger partial charge in [-0.05, 0) is 12.5 Å². The number of aliphatic hydroxyl groups is 1. The number of aliphatic imine (C=N–C) groups is 1. The molecular weight excluding hydrogens is 248 g/mol. The number of nitrogens with one attached hydrogen (secondary N) is 1. The van der Waals surface area contributed by atoms with Crippen molar-refractivity contribution in [2.24, 2.45) is 4.99 Å². The van der Waals surface area contributed by atoms with Gasteiger partial charge in [-0.1, -0.05) is 48.5 Å². The number of fused-ring (bicyclic) bond motifs is 1. The summed E-state index contributed by atoms with van der Waals surface area (Å²) in [5, 5.41) is 12.6. The van der Waals surface area contributed by atoms with Crippen LogP contribution in [-0.4, -0.2) is 30.0 Å². The second-order valence-electron chi connectivity index (χ2n) is 4.95. The Morgan fingerprint density at radius 3 is 2.60 bits per heavy atom. The summed E-state index contributed by atoms with van der Waals surface area (Å²) in [6.07, 6.45) is 0.708. The maximum atomic E-state index is 9.15. The van der Waals surface area contributed by atoms with Crippen molar-refractivity contribution < 1.29 is 5.11 Å². The third-order valence-electron chi connectivity index (χ3n) is 3.54. The summed E-state index contributed by atoms with van der Waals surface area (Å²) in [4.78, 5) is 4.78. The van der Waals surface area contributed by atoms with Gasteiger partial charge >= 0.3 is 0 Å². The van der Waals surface area contributed by atoms with Crippen LogP contribution in [0.15, 0.2) is 59.6 Å². The highest BCUT2D eigenvalue weighted by Gasteiger charge is 2.18. The van der Waals surface area contributed by atoms with Crippen LogP contribution in [0.25, 0.3) is 0 Å². The average molecular weight is 266 g/mol. The van der Waals surface area contributed by atoms with Crippen LogP contribution in [0.5, 0.6) is 0 Å². The molecule has 0 aromatic heterocycles. The Hall–Kier alpha value is -2.13. The molecule has 20 heavy (non-hydrogen) atoms. The minimum atomic E-state index is 0.177. The zero-order chi connectivity index (χ0) is 13.8. The second kappa shape index (κ2) is 5.88. The van der Waals surface area contributed by atoms with Crippen molar-refractivity contribution in [3.05, 3.63) is 65.7 Å². The van der Waals surface area contributed by atoms with Crippen molar-refractivity contribution in [3.8, 4) is 0 Å². The molecule has 1 atom stereocenters. The van der Waals surface area contributed by atoms with Gasteiger partial charge in [-0.15, -0.1) is 0 Å². The van der Waals surface area contributed by atoms with Gasteiger partial charge < -0.3 is 10.4 Å². The fraction of sp³-hybridized carbons (Fsp3) is 0.235. The van der Waals surface area contributed by atoms with Crippen LogP contribution in [0.2, 0.25) is 0 Å². The molecule has 2 aromatic carbocycles. The lowest BCUT2D eigenvalue weighted by atomic mass is 10.0. The summed E-state index contributed by atoms with van der Waals surface area (Å²) < 4.78 is 0. The van der Waals surface area contributed by atoms with Crippen molar-refractivity contribution in [2.75, 3.05) is 18.5 Å². The largest absolute Gasteiger partial charge is 0.396 e. The summed E-state index contributed by atoms with van der Waals surface area (Å²) in [5.74, 6) is 0. The van der Waals surface area contributed by atoms with E-state index in [1.165, 1.54) is 0 Å². The van der Waals surface area contributed by atoms with Crippen molar-refractivity contribution in [3.63, 3.8) is 0 Å². The van der Waals surface area contributed by atoms with Gasteiger partial charge in [-0.3, -0.25) is 4.99 Å². The van der Waals surface area contributed by atoms with E-state index >= 15 is 0 Å². The normalized spacial score (nSPS) is 17.6. The van der Waals surface area contributed by atoms with Gasteiger partial charge in [0.25, 0.3) is 0 Å². The molecule has 1 aliphatic heterocycles. The topological polar surface area (TPSA) is 44.6 Å². The fourth-order valence-corrected chi connectivity index (χ4v) is 2.53. The molecule has 0 amide bonds. The Morgan fingerprint density at radius 1 is 1.05 bits per heavy atom. The molecule has 2 aromatic rings. The van der Waals surface area contributed by atoms with Crippen LogP contribution >= 0.6 is 0 Å². The van der Waals surface area contributed by atoms with E-state index in [4.69, 9.17) is 10.1 Å². The van der Waals surface area contributed by atoms with E-state index < -0.39 is 0 Å². The maximum absolute atomic E-state index is 9.15. The van der Waals surface area contributed by atoms with Crippen LogP contribution in [0.1, 0.15) is 17.5 Å². The van der Waals surface area contributed by atoms with E-state index in [-0.39, 0.29) is 12.6 Å². The van der Waals surface area contributed by atoms with Crippen LogP contribution in [-0.2, 0) is 0 Å². The molecule has 3 heteroatoms. The molecule has 102 valence electrons. The van der Waals surface area contributed by atoms with Gasteiger partial charge in [0, 0.05) is 29.5 Å². The molecule has 3 nitrogen and oxygen atoms in total. The molecule has 0 fully saturated rings. The molecule has 1 aliphatic rings. The average Bonchev–Trinajstić information content (AvgIpc) is 2.68. The molecule has 0 bridgehead atoms. The van der Waals surface area contributed by atoms with E-state index in [1.54, 1.807) is 0 Å². The number of rotatable bonds is 3. The smallest absolute Gasteiger partial charge is 0.0740 e. The molecule has 0 aliphatic carbocycles. The highest BCUT2D eigenvalue weighted by Crippen LogP contribution is 2.24. The monoisotopic (exact) mass is 266 g/mol. The number of nitrogens with zero attached hydrogens (tertiary/aromatic N) is 1. The van der Waals surface area contributed by atoms with Gasteiger partial charge in [0.05, 0.1) is 12.3 Å². The Morgan fingerprint density at radius 2 is 1.80 bits per heavy atom. The summed E-state index contributed by atoms with van der Waals surface area (Å²) in [5.41, 5.74) is 4.37. The molecule has 0 radical (unpaired) electrons. The number of hydrogen-bond acceptors (Lipinski definition) is 3. The minimum absolute atomic E-state index is 0.177. The third-order valence-corrected chi connectivity index (χ3v) is 3.54. The predicted molar refractivity (Wildman–Crippen MR) is 82.5 cm³/mol. The predicted octanol–water partition coefficient (Wildman–Crippen LogP) is 2.70. The maximum Gasteiger partial charge on any atom is 0.0740 e. The SMILES string of the molecule is OCC[C@H]1CN=C(c2ccccc2)c2ccccc2N1. The molecule has 1 heterocycles. The molecule has 0 spiro atoms. The standard InChI is InChI=1S/C17H18N2O/c20-11-10-14-12-18-17(13-6-2-1-3-7-13)15-8-4-5-9-16(15)19-14/h1-9,14,19-20H,10-12H2/t14-/m0/s1. The third kappa shape index (κ3) is 2.58. The van der Waals surface area contributed by atoms with E-state index in [0.717, 1.165) is 22.5 Å². The quantitative estimate of drug-likeness (QED) is 0.897. The van der Waals surface area contributed by atoms with Crippen molar-refractivity contribution >= 4 is 11.4 Å². The lowest BCUT2D eigenvalue weighted by molar-refractivity contribution is 0.280. The Bertz CT molecular complexity index is 607. The first-order chi connectivity index (χ1) is 9.88. The first-order valence-corrected chi connectivity index (χ1v) is 6.95. The van der Waals surface area contributed by atoms with Crippen molar-refractivity contribution in [1.29, 1.82) is 0 Å². The molecular formula is C17H18N2O. The lowest BCUT2D eigenvalue weighted by Gasteiger charge is -2.16. The highest BCUT2D eigenvalue weighted by molar-refractivity contribution is 6.16. The van der Waals surface area contributed by atoms with Gasteiger partial charge in [-0.2, -0.15) is 0 Å². The van der Waals surface area contributed by atoms with Crippen molar-refractivity contribution in [1.82, 2.24) is 0 Å². The van der Waals surface area contributed by atoms with Crippen LogP contribution in [0.4, 0.5) is 5.69 Å². The first kappa shape index (κ1) is 12.9. The number of hydrogen-bond donors (Lipinski definition) is 2. The van der Waals surface area contributed by atoms with E-state index in [9.17, 15) is 0 Å². The summed E-state index contributed by atoms with van der Waals surface area (Å²) in [7, 11) is 0. The first-order valence-electron chi connectivity index (χ1n) is 6.95. The summed E-state index contributed by atoms with van der Waals surface area (Å²) >= 11 is 0. The fourth-order valence-electron chi connectivity index (χ4n) is 2.53. The van der Waals surface area contributed by atoms with Crippen LogP contribution < -0.4 is 5.32 Å². The highest BCUT2D eigenvalue weighted by atomic mass is 16.3. The van der Waals surface area contributed by atoms with E-state index in [1.807, 2.05) is 30.3 Å². The van der Waals surface area contributed by atoms with Gasteiger partial charge in [0.15, 0.2) is 0 Å². The molecule has 3 rings (SSSR count). The Labute approximate surface area is 119 Å². The van der Waals surface area contributed by atoms with Crippen LogP contribution in [0.3, 0.4) is 0 Å². The number of aliphatic hydroxyl groups excluding tert-OH is 1. The van der Waals surface area contributed by atoms with Gasteiger partial charge in [0.2, 0.25) is 0 Å². The zero-order valence-corrected chi connectivity index (χ0v) is 11.3. The van der Waals surface area contributed by atoms with E-state index in [2.05, 4.69) is 29.6 Å². The number of benzodiazepines with no additional fused rings is 1. The van der Waals surface area contributed by atoms with Crippen molar-refractivity contribution in [2.45, 2.75) is 12.5 Å². The number of benzene rings is 2. The number of anilines is 1.